The second kappa shape index (κ2) is 5.66. The van der Waals surface area contributed by atoms with E-state index in [1.54, 1.807) is 13.0 Å². The summed E-state index contributed by atoms with van der Waals surface area (Å²) < 4.78 is 7.28. The number of rotatable bonds is 3. The maximum atomic E-state index is 11.5. The third-order valence-corrected chi connectivity index (χ3v) is 3.23. The number of hydrogen-bond acceptors (Lipinski definition) is 4. The average molecular weight is 378 g/mol. The first-order valence-electron chi connectivity index (χ1n) is 5.16. The van der Waals surface area contributed by atoms with Gasteiger partial charge in [-0.1, -0.05) is 16.8 Å². The van der Waals surface area contributed by atoms with Gasteiger partial charge in [0.15, 0.2) is 5.69 Å². The molecule has 1 aromatic heterocycles. The summed E-state index contributed by atoms with van der Waals surface area (Å²) in [6.07, 6.45) is 1.53. The number of ether oxygens (including phenoxy) is 1. The Balaban J connectivity index is 2.32. The molecule has 0 spiro atoms. The summed E-state index contributed by atoms with van der Waals surface area (Å²) in [4.78, 5) is 11.5. The first-order valence-corrected chi connectivity index (χ1v) is 6.62. The first kappa shape index (κ1) is 13.3. The summed E-state index contributed by atoms with van der Waals surface area (Å²) in [7, 11) is 0. The van der Waals surface area contributed by atoms with Crippen molar-refractivity contribution in [2.45, 2.75) is 6.92 Å². The van der Waals surface area contributed by atoms with Crippen LogP contribution < -0.4 is 0 Å². The molecule has 0 saturated carbocycles. The Morgan fingerprint density at radius 3 is 3.00 bits per heavy atom. The molecule has 0 aliphatic heterocycles. The molecule has 0 bridgehead atoms. The lowest BCUT2D eigenvalue weighted by Crippen LogP contribution is -2.04. The van der Waals surface area contributed by atoms with Gasteiger partial charge >= 0.3 is 5.97 Å². The molecule has 0 aliphatic rings. The van der Waals surface area contributed by atoms with Crippen molar-refractivity contribution < 1.29 is 9.53 Å². The minimum Gasteiger partial charge on any atom is -0.461 e. The standard InChI is InChI=1S/C11H9ClIN3O2/c1-2-18-11(17)9-6-16(15-14-9)10-4-3-7(12)5-8(10)13/h3-6H,2H2,1H3. The maximum absolute atomic E-state index is 11.5. The molecule has 2 rings (SSSR count). The monoisotopic (exact) mass is 377 g/mol. The molecule has 1 heterocycles. The summed E-state index contributed by atoms with van der Waals surface area (Å²) in [6, 6.07) is 5.38. The SMILES string of the molecule is CCOC(=O)c1cn(-c2ccc(Cl)cc2I)nn1. The Kier molecular flexibility index (Phi) is 4.18. The number of hydrogen-bond donors (Lipinski definition) is 0. The number of carbonyl (C=O) groups excluding carboxylic acids is 1. The van der Waals surface area contributed by atoms with Gasteiger partial charge in [-0.25, -0.2) is 9.48 Å². The molecule has 0 unspecified atom stereocenters. The average Bonchev–Trinajstić information content (AvgIpc) is 2.78. The molecule has 0 fully saturated rings. The van der Waals surface area contributed by atoms with E-state index in [0.717, 1.165) is 9.26 Å². The van der Waals surface area contributed by atoms with Crippen molar-refractivity contribution in [3.8, 4) is 5.69 Å². The molecule has 18 heavy (non-hydrogen) atoms. The fourth-order valence-electron chi connectivity index (χ4n) is 1.35. The van der Waals surface area contributed by atoms with Gasteiger partial charge in [0.25, 0.3) is 0 Å². The predicted octanol–water partition coefficient (Wildman–Crippen LogP) is 2.70. The lowest BCUT2D eigenvalue weighted by molar-refractivity contribution is 0.0519. The molecular weight excluding hydrogens is 368 g/mol. The topological polar surface area (TPSA) is 57.0 Å². The van der Waals surface area contributed by atoms with E-state index in [1.807, 2.05) is 12.1 Å². The van der Waals surface area contributed by atoms with E-state index in [2.05, 4.69) is 32.9 Å². The Labute approximate surface area is 122 Å². The molecule has 0 amide bonds. The van der Waals surface area contributed by atoms with Crippen LogP contribution in [0.25, 0.3) is 5.69 Å². The second-order valence-electron chi connectivity index (χ2n) is 3.36. The van der Waals surface area contributed by atoms with Gasteiger partial charge in [0, 0.05) is 8.59 Å². The third-order valence-electron chi connectivity index (χ3n) is 2.13. The highest BCUT2D eigenvalue weighted by atomic mass is 127. The van der Waals surface area contributed by atoms with Gasteiger partial charge in [-0.05, 0) is 47.7 Å². The van der Waals surface area contributed by atoms with Crippen molar-refractivity contribution in [2.24, 2.45) is 0 Å². The number of aromatic nitrogens is 3. The van der Waals surface area contributed by atoms with Crippen LogP contribution in [-0.2, 0) is 4.74 Å². The lowest BCUT2D eigenvalue weighted by Gasteiger charge is -2.03. The zero-order chi connectivity index (χ0) is 13.1. The van der Waals surface area contributed by atoms with E-state index in [0.29, 0.717) is 11.6 Å². The summed E-state index contributed by atoms with van der Waals surface area (Å²) in [5.74, 6) is -0.479. The molecule has 5 nitrogen and oxygen atoms in total. The number of benzene rings is 1. The molecule has 0 radical (unpaired) electrons. The molecule has 0 N–H and O–H groups in total. The van der Waals surface area contributed by atoms with Crippen LogP contribution >= 0.6 is 34.2 Å². The molecule has 1 aromatic carbocycles. The van der Waals surface area contributed by atoms with Crippen LogP contribution in [0.3, 0.4) is 0 Å². The summed E-state index contributed by atoms with van der Waals surface area (Å²) >= 11 is 8.02. The quantitative estimate of drug-likeness (QED) is 0.610. The van der Waals surface area contributed by atoms with Crippen molar-refractivity contribution in [1.29, 1.82) is 0 Å². The van der Waals surface area contributed by atoms with Crippen LogP contribution in [0.5, 0.6) is 0 Å². The van der Waals surface area contributed by atoms with Gasteiger partial charge in [0.2, 0.25) is 0 Å². The highest BCUT2D eigenvalue weighted by Gasteiger charge is 2.13. The zero-order valence-corrected chi connectivity index (χ0v) is 12.3. The van der Waals surface area contributed by atoms with Crippen molar-refractivity contribution in [3.05, 3.63) is 38.7 Å². The molecule has 0 aliphatic carbocycles. The van der Waals surface area contributed by atoms with E-state index in [4.69, 9.17) is 16.3 Å². The molecule has 7 heteroatoms. The zero-order valence-electron chi connectivity index (χ0n) is 9.43. The van der Waals surface area contributed by atoms with Crippen LogP contribution in [0, 0.1) is 3.57 Å². The number of esters is 1. The molecule has 2 aromatic rings. The Morgan fingerprint density at radius 2 is 2.33 bits per heavy atom. The van der Waals surface area contributed by atoms with Gasteiger partial charge in [0.05, 0.1) is 18.5 Å². The summed E-state index contributed by atoms with van der Waals surface area (Å²) in [5.41, 5.74) is 0.991. The summed E-state index contributed by atoms with van der Waals surface area (Å²) in [5, 5.41) is 8.32. The van der Waals surface area contributed by atoms with Gasteiger partial charge in [-0.3, -0.25) is 0 Å². The van der Waals surface area contributed by atoms with Crippen molar-refractivity contribution in [2.75, 3.05) is 6.61 Å². The largest absolute Gasteiger partial charge is 0.461 e. The highest BCUT2D eigenvalue weighted by Crippen LogP contribution is 2.20. The van der Waals surface area contributed by atoms with E-state index in [-0.39, 0.29) is 5.69 Å². The highest BCUT2D eigenvalue weighted by molar-refractivity contribution is 14.1. The minimum absolute atomic E-state index is 0.183. The van der Waals surface area contributed by atoms with Crippen molar-refractivity contribution >= 4 is 40.2 Å². The Bertz CT molecular complexity index is 585. The fraction of sp³-hybridized carbons (Fsp3) is 0.182. The predicted molar refractivity (Wildman–Crippen MR) is 75.0 cm³/mol. The second-order valence-corrected chi connectivity index (χ2v) is 4.96. The third kappa shape index (κ3) is 2.81. The van der Waals surface area contributed by atoms with Gasteiger partial charge in [0.1, 0.15) is 0 Å². The van der Waals surface area contributed by atoms with Gasteiger partial charge < -0.3 is 4.74 Å². The van der Waals surface area contributed by atoms with Gasteiger partial charge in [-0.15, -0.1) is 5.10 Å². The molecule has 0 atom stereocenters. The van der Waals surface area contributed by atoms with E-state index >= 15 is 0 Å². The summed E-state index contributed by atoms with van der Waals surface area (Å²) in [6.45, 7) is 2.05. The van der Waals surface area contributed by atoms with Crippen LogP contribution in [0.15, 0.2) is 24.4 Å². The van der Waals surface area contributed by atoms with Crippen LogP contribution in [0.2, 0.25) is 5.02 Å². The smallest absolute Gasteiger partial charge is 0.360 e. The normalized spacial score (nSPS) is 10.4. The molecular formula is C11H9ClIN3O2. The number of halogens is 2. The number of nitrogens with zero attached hydrogens (tertiary/aromatic N) is 3. The first-order chi connectivity index (χ1) is 8.61. The van der Waals surface area contributed by atoms with E-state index in [1.165, 1.54) is 10.9 Å². The van der Waals surface area contributed by atoms with E-state index < -0.39 is 5.97 Å². The molecule has 94 valence electrons. The van der Waals surface area contributed by atoms with E-state index in [9.17, 15) is 4.79 Å². The Hall–Kier alpha value is -1.15. The van der Waals surface area contributed by atoms with Crippen LogP contribution in [0.1, 0.15) is 17.4 Å². The Morgan fingerprint density at radius 1 is 1.56 bits per heavy atom. The van der Waals surface area contributed by atoms with Crippen LogP contribution in [-0.4, -0.2) is 27.6 Å². The van der Waals surface area contributed by atoms with Crippen LogP contribution in [0.4, 0.5) is 0 Å². The lowest BCUT2D eigenvalue weighted by atomic mass is 10.3. The van der Waals surface area contributed by atoms with Crippen molar-refractivity contribution in [1.82, 2.24) is 15.0 Å². The fourth-order valence-corrected chi connectivity index (χ4v) is 2.47. The van der Waals surface area contributed by atoms with Gasteiger partial charge in [-0.2, -0.15) is 0 Å². The number of carbonyl (C=O) groups is 1. The minimum atomic E-state index is -0.479. The maximum Gasteiger partial charge on any atom is 0.360 e. The molecule has 0 saturated heterocycles. The van der Waals surface area contributed by atoms with Crippen molar-refractivity contribution in [3.63, 3.8) is 0 Å².